The van der Waals surface area contributed by atoms with E-state index in [2.05, 4.69) is 15.3 Å². The fourth-order valence-corrected chi connectivity index (χ4v) is 1.79. The van der Waals surface area contributed by atoms with Gasteiger partial charge >= 0.3 is 5.97 Å². The lowest BCUT2D eigenvalue weighted by atomic mass is 10.1. The summed E-state index contributed by atoms with van der Waals surface area (Å²) in [6, 6.07) is 6.60. The molecule has 108 valence electrons. The standard InChI is InChI=1S/C15H15N3O3/c19-14(2-1-11-3-6-16-7-4-11)18-10-13-9-12(15(20)21)5-8-17-13/h3-9H,1-2,10H2,(H,18,19)(H,20,21). The second kappa shape index (κ2) is 7.14. The first-order valence-electron chi connectivity index (χ1n) is 6.49. The molecule has 2 heterocycles. The van der Waals surface area contributed by atoms with E-state index in [1.165, 1.54) is 18.3 Å². The molecule has 2 aromatic heterocycles. The summed E-state index contributed by atoms with van der Waals surface area (Å²) in [4.78, 5) is 30.5. The predicted molar refractivity (Wildman–Crippen MR) is 75.6 cm³/mol. The Morgan fingerprint density at radius 3 is 2.62 bits per heavy atom. The first-order chi connectivity index (χ1) is 10.1. The van der Waals surface area contributed by atoms with E-state index in [9.17, 15) is 9.59 Å². The Morgan fingerprint density at radius 1 is 1.14 bits per heavy atom. The minimum Gasteiger partial charge on any atom is -0.478 e. The topological polar surface area (TPSA) is 92.2 Å². The van der Waals surface area contributed by atoms with Crippen molar-refractivity contribution in [3.63, 3.8) is 0 Å². The molecule has 0 atom stereocenters. The quantitative estimate of drug-likeness (QED) is 0.837. The monoisotopic (exact) mass is 285 g/mol. The number of hydrogen-bond donors (Lipinski definition) is 2. The third kappa shape index (κ3) is 4.68. The fraction of sp³-hybridized carbons (Fsp3) is 0.200. The van der Waals surface area contributed by atoms with Crippen molar-refractivity contribution in [3.8, 4) is 0 Å². The van der Waals surface area contributed by atoms with Crippen LogP contribution in [0.4, 0.5) is 0 Å². The molecular weight excluding hydrogens is 270 g/mol. The van der Waals surface area contributed by atoms with Crippen LogP contribution in [0.25, 0.3) is 0 Å². The number of nitrogens with one attached hydrogen (secondary N) is 1. The van der Waals surface area contributed by atoms with Crippen LogP contribution < -0.4 is 5.32 Å². The van der Waals surface area contributed by atoms with Gasteiger partial charge in [0.2, 0.25) is 5.91 Å². The van der Waals surface area contributed by atoms with Crippen LogP contribution in [-0.4, -0.2) is 27.0 Å². The molecule has 1 amide bonds. The molecule has 0 aliphatic carbocycles. The van der Waals surface area contributed by atoms with Crippen LogP contribution in [0, 0.1) is 0 Å². The Labute approximate surface area is 121 Å². The first kappa shape index (κ1) is 14.6. The van der Waals surface area contributed by atoms with Gasteiger partial charge in [-0.3, -0.25) is 14.8 Å². The molecule has 0 saturated carbocycles. The lowest BCUT2D eigenvalue weighted by Gasteiger charge is -2.05. The van der Waals surface area contributed by atoms with Gasteiger partial charge in [0, 0.05) is 25.0 Å². The summed E-state index contributed by atoms with van der Waals surface area (Å²) in [6.07, 6.45) is 5.80. The normalized spacial score (nSPS) is 10.1. The van der Waals surface area contributed by atoms with E-state index in [1.807, 2.05) is 12.1 Å². The zero-order chi connectivity index (χ0) is 15.1. The molecule has 0 unspecified atom stereocenters. The largest absolute Gasteiger partial charge is 0.478 e. The van der Waals surface area contributed by atoms with Gasteiger partial charge in [-0.2, -0.15) is 0 Å². The maximum atomic E-state index is 11.7. The number of carboxylic acids is 1. The average Bonchev–Trinajstić information content (AvgIpc) is 2.52. The summed E-state index contributed by atoms with van der Waals surface area (Å²) in [5.41, 5.74) is 1.73. The molecule has 2 aromatic rings. The molecule has 0 aliphatic heterocycles. The molecule has 0 fully saturated rings. The van der Waals surface area contributed by atoms with Crippen LogP contribution in [0.15, 0.2) is 42.9 Å². The van der Waals surface area contributed by atoms with E-state index in [1.54, 1.807) is 12.4 Å². The summed E-state index contributed by atoms with van der Waals surface area (Å²) in [6.45, 7) is 0.219. The molecule has 6 heteroatoms. The molecule has 0 aliphatic rings. The van der Waals surface area contributed by atoms with Gasteiger partial charge in [-0.15, -0.1) is 0 Å². The van der Waals surface area contributed by atoms with Gasteiger partial charge in [-0.25, -0.2) is 4.79 Å². The number of carbonyl (C=O) groups excluding carboxylic acids is 1. The number of pyridine rings is 2. The van der Waals surface area contributed by atoms with Crippen molar-refractivity contribution < 1.29 is 14.7 Å². The van der Waals surface area contributed by atoms with E-state index in [0.717, 1.165) is 5.56 Å². The van der Waals surface area contributed by atoms with Crippen LogP contribution in [0.3, 0.4) is 0 Å². The Kier molecular flexibility index (Phi) is 4.98. The molecule has 0 radical (unpaired) electrons. The predicted octanol–water partition coefficient (Wildman–Crippen LogP) is 1.42. The van der Waals surface area contributed by atoms with Gasteiger partial charge in [0.25, 0.3) is 0 Å². The highest BCUT2D eigenvalue weighted by Crippen LogP contribution is 2.03. The maximum Gasteiger partial charge on any atom is 0.335 e. The van der Waals surface area contributed by atoms with E-state index in [4.69, 9.17) is 5.11 Å². The molecule has 0 aromatic carbocycles. The zero-order valence-electron chi connectivity index (χ0n) is 11.3. The molecule has 2 N–H and O–H groups in total. The van der Waals surface area contributed by atoms with E-state index in [0.29, 0.717) is 18.5 Å². The van der Waals surface area contributed by atoms with E-state index < -0.39 is 5.97 Å². The van der Waals surface area contributed by atoms with Gasteiger partial charge < -0.3 is 10.4 Å². The number of amides is 1. The number of aromatic nitrogens is 2. The van der Waals surface area contributed by atoms with Crippen molar-refractivity contribution in [2.75, 3.05) is 0 Å². The SMILES string of the molecule is O=C(CCc1ccncc1)NCc1cc(C(=O)O)ccn1. The Bertz CT molecular complexity index is 629. The highest BCUT2D eigenvalue weighted by Gasteiger charge is 2.06. The highest BCUT2D eigenvalue weighted by atomic mass is 16.4. The Balaban J connectivity index is 1.81. The zero-order valence-corrected chi connectivity index (χ0v) is 11.3. The summed E-state index contributed by atoms with van der Waals surface area (Å²) in [7, 11) is 0. The van der Waals surface area contributed by atoms with Crippen LogP contribution >= 0.6 is 0 Å². The van der Waals surface area contributed by atoms with Crippen LogP contribution in [0.2, 0.25) is 0 Å². The molecule has 0 saturated heterocycles. The van der Waals surface area contributed by atoms with Crippen LogP contribution in [-0.2, 0) is 17.8 Å². The smallest absolute Gasteiger partial charge is 0.335 e. The van der Waals surface area contributed by atoms with Crippen LogP contribution in [0.1, 0.15) is 28.0 Å². The van der Waals surface area contributed by atoms with Crippen molar-refractivity contribution in [3.05, 3.63) is 59.7 Å². The van der Waals surface area contributed by atoms with Crippen molar-refractivity contribution in [1.82, 2.24) is 15.3 Å². The Hall–Kier alpha value is -2.76. The first-order valence-corrected chi connectivity index (χ1v) is 6.49. The van der Waals surface area contributed by atoms with Crippen molar-refractivity contribution in [2.24, 2.45) is 0 Å². The van der Waals surface area contributed by atoms with Crippen LogP contribution in [0.5, 0.6) is 0 Å². The highest BCUT2D eigenvalue weighted by molar-refractivity contribution is 5.87. The minimum atomic E-state index is -1.01. The average molecular weight is 285 g/mol. The molecule has 0 bridgehead atoms. The van der Waals surface area contributed by atoms with Gasteiger partial charge in [0.15, 0.2) is 0 Å². The summed E-state index contributed by atoms with van der Waals surface area (Å²) in [5, 5.41) is 11.6. The fourth-order valence-electron chi connectivity index (χ4n) is 1.79. The number of aryl methyl sites for hydroxylation is 1. The summed E-state index contributed by atoms with van der Waals surface area (Å²) in [5.74, 6) is -1.11. The number of hydrogen-bond acceptors (Lipinski definition) is 4. The van der Waals surface area contributed by atoms with Crippen molar-refractivity contribution >= 4 is 11.9 Å². The summed E-state index contributed by atoms with van der Waals surface area (Å²) < 4.78 is 0. The minimum absolute atomic E-state index is 0.102. The maximum absolute atomic E-state index is 11.7. The van der Waals surface area contributed by atoms with Gasteiger partial charge in [-0.05, 0) is 36.2 Å². The lowest BCUT2D eigenvalue weighted by Crippen LogP contribution is -2.23. The molecule has 21 heavy (non-hydrogen) atoms. The molecule has 6 nitrogen and oxygen atoms in total. The number of carboxylic acid groups (broad SMARTS) is 1. The van der Waals surface area contributed by atoms with Gasteiger partial charge in [0.05, 0.1) is 17.8 Å². The molecule has 0 spiro atoms. The third-order valence-electron chi connectivity index (χ3n) is 2.92. The van der Waals surface area contributed by atoms with Crippen molar-refractivity contribution in [1.29, 1.82) is 0 Å². The number of aromatic carboxylic acids is 1. The second-order valence-corrected chi connectivity index (χ2v) is 4.47. The second-order valence-electron chi connectivity index (χ2n) is 4.47. The van der Waals surface area contributed by atoms with Gasteiger partial charge in [0.1, 0.15) is 0 Å². The molecule has 2 rings (SSSR count). The lowest BCUT2D eigenvalue weighted by molar-refractivity contribution is -0.121. The number of carbonyl (C=O) groups is 2. The van der Waals surface area contributed by atoms with E-state index in [-0.39, 0.29) is 18.0 Å². The number of nitrogens with zero attached hydrogens (tertiary/aromatic N) is 2. The number of rotatable bonds is 6. The molecular formula is C15H15N3O3. The third-order valence-corrected chi connectivity index (χ3v) is 2.92. The van der Waals surface area contributed by atoms with E-state index >= 15 is 0 Å². The van der Waals surface area contributed by atoms with Crippen molar-refractivity contribution in [2.45, 2.75) is 19.4 Å². The van der Waals surface area contributed by atoms with Gasteiger partial charge in [-0.1, -0.05) is 0 Å². The Morgan fingerprint density at radius 2 is 1.90 bits per heavy atom. The summed E-state index contributed by atoms with van der Waals surface area (Å²) >= 11 is 0.